The number of aromatic nitrogens is 1. The van der Waals surface area contributed by atoms with E-state index in [-0.39, 0.29) is 0 Å². The summed E-state index contributed by atoms with van der Waals surface area (Å²) >= 11 is 1.82. The van der Waals surface area contributed by atoms with E-state index in [2.05, 4.69) is 18.8 Å². The van der Waals surface area contributed by atoms with Gasteiger partial charge in [-0.2, -0.15) is 0 Å². The van der Waals surface area contributed by atoms with Crippen molar-refractivity contribution in [3.8, 4) is 0 Å². The monoisotopic (exact) mass is 210 g/mol. The molecule has 2 N–H and O–H groups in total. The summed E-state index contributed by atoms with van der Waals surface area (Å²) in [6, 6.07) is 0. The van der Waals surface area contributed by atoms with Crippen molar-refractivity contribution in [1.82, 2.24) is 4.98 Å². The zero-order valence-corrected chi connectivity index (χ0v) is 9.73. The van der Waals surface area contributed by atoms with E-state index in [0.717, 1.165) is 11.6 Å². The van der Waals surface area contributed by atoms with Gasteiger partial charge in [-0.1, -0.05) is 13.3 Å². The van der Waals surface area contributed by atoms with E-state index >= 15 is 0 Å². The van der Waals surface area contributed by atoms with Gasteiger partial charge in [0.2, 0.25) is 0 Å². The highest BCUT2D eigenvalue weighted by atomic mass is 32.1. The smallest absolute Gasteiger partial charge is 0.0962 e. The van der Waals surface area contributed by atoms with E-state index in [4.69, 9.17) is 5.73 Å². The molecular formula is C11H18N2S. The Morgan fingerprint density at radius 2 is 2.29 bits per heavy atom. The molecule has 0 spiro atoms. The average Bonchev–Trinajstić information content (AvgIpc) is 2.71. The first-order valence-electron chi connectivity index (χ1n) is 5.37. The molecule has 2 nitrogen and oxygen atoms in total. The Bertz CT molecular complexity index is 319. The quantitative estimate of drug-likeness (QED) is 0.815. The number of nitrogens with zero attached hydrogens (tertiary/aromatic N) is 1. The van der Waals surface area contributed by atoms with Gasteiger partial charge < -0.3 is 5.73 Å². The average molecular weight is 210 g/mol. The van der Waals surface area contributed by atoms with Gasteiger partial charge in [0.05, 0.1) is 10.7 Å². The van der Waals surface area contributed by atoms with Crippen molar-refractivity contribution in [2.45, 2.75) is 45.6 Å². The van der Waals surface area contributed by atoms with Crippen LogP contribution in [0.2, 0.25) is 0 Å². The Hall–Kier alpha value is -0.410. The fourth-order valence-electron chi connectivity index (χ4n) is 2.25. The lowest BCUT2D eigenvalue weighted by atomic mass is 10.1. The fourth-order valence-corrected chi connectivity index (χ4v) is 3.34. The van der Waals surface area contributed by atoms with Gasteiger partial charge in [-0.3, -0.25) is 0 Å². The van der Waals surface area contributed by atoms with E-state index in [1.807, 2.05) is 11.3 Å². The molecule has 14 heavy (non-hydrogen) atoms. The van der Waals surface area contributed by atoms with Crippen molar-refractivity contribution in [3.63, 3.8) is 0 Å². The molecule has 1 saturated carbocycles. The van der Waals surface area contributed by atoms with Crippen LogP contribution in [0.5, 0.6) is 0 Å². The van der Waals surface area contributed by atoms with Crippen LogP contribution in [-0.2, 0) is 6.54 Å². The summed E-state index contributed by atoms with van der Waals surface area (Å²) in [5, 5.41) is 1.33. The Labute approximate surface area is 89.5 Å². The molecule has 0 bridgehead atoms. The van der Waals surface area contributed by atoms with Gasteiger partial charge in [-0.25, -0.2) is 4.98 Å². The molecule has 0 saturated heterocycles. The number of rotatable bonds is 2. The molecule has 2 rings (SSSR count). The maximum absolute atomic E-state index is 5.66. The second kappa shape index (κ2) is 3.99. The van der Waals surface area contributed by atoms with Gasteiger partial charge >= 0.3 is 0 Å². The molecular weight excluding hydrogens is 192 g/mol. The van der Waals surface area contributed by atoms with Gasteiger partial charge in [0.1, 0.15) is 0 Å². The van der Waals surface area contributed by atoms with Gasteiger partial charge in [-0.05, 0) is 25.7 Å². The predicted molar refractivity (Wildman–Crippen MR) is 60.5 cm³/mol. The minimum atomic E-state index is 0.645. The van der Waals surface area contributed by atoms with Crippen LogP contribution in [0.15, 0.2) is 0 Å². The van der Waals surface area contributed by atoms with Crippen LogP contribution in [0.1, 0.15) is 47.7 Å². The molecule has 1 fully saturated rings. The summed E-state index contributed by atoms with van der Waals surface area (Å²) in [6.07, 6.45) is 4.00. The maximum atomic E-state index is 5.66. The van der Waals surface area contributed by atoms with Crippen molar-refractivity contribution < 1.29 is 0 Å². The molecule has 0 aliphatic heterocycles. The van der Waals surface area contributed by atoms with Crippen molar-refractivity contribution in [1.29, 1.82) is 0 Å². The van der Waals surface area contributed by atoms with Crippen LogP contribution >= 0.6 is 11.3 Å². The Morgan fingerprint density at radius 3 is 2.79 bits per heavy atom. The molecule has 1 heterocycles. The molecule has 78 valence electrons. The summed E-state index contributed by atoms with van der Waals surface area (Å²) in [5.74, 6) is 1.60. The highest BCUT2D eigenvalue weighted by Gasteiger charge is 2.25. The summed E-state index contributed by atoms with van der Waals surface area (Å²) in [7, 11) is 0. The van der Waals surface area contributed by atoms with Gasteiger partial charge in [0.25, 0.3) is 0 Å². The van der Waals surface area contributed by atoms with Crippen molar-refractivity contribution in [2.75, 3.05) is 0 Å². The first kappa shape index (κ1) is 10.1. The third-order valence-corrected chi connectivity index (χ3v) is 4.48. The van der Waals surface area contributed by atoms with Crippen LogP contribution in [0.3, 0.4) is 0 Å². The second-order valence-corrected chi connectivity index (χ2v) is 5.50. The minimum absolute atomic E-state index is 0.645. The number of hydrogen-bond acceptors (Lipinski definition) is 3. The fraction of sp³-hybridized carbons (Fsp3) is 0.727. The van der Waals surface area contributed by atoms with Crippen LogP contribution in [-0.4, -0.2) is 4.98 Å². The van der Waals surface area contributed by atoms with Crippen molar-refractivity contribution in [2.24, 2.45) is 11.7 Å². The number of hydrogen-bond donors (Lipinski definition) is 1. The van der Waals surface area contributed by atoms with Crippen LogP contribution in [0.25, 0.3) is 0 Å². The third kappa shape index (κ3) is 1.84. The zero-order valence-electron chi connectivity index (χ0n) is 8.92. The first-order chi connectivity index (χ1) is 6.70. The summed E-state index contributed by atoms with van der Waals surface area (Å²) in [4.78, 5) is 5.90. The van der Waals surface area contributed by atoms with Gasteiger partial charge in [0.15, 0.2) is 0 Å². The Kier molecular flexibility index (Phi) is 2.88. The molecule has 1 aromatic rings. The standard InChI is InChI=1S/C11H18N2S/c1-7-3-4-9(5-7)11-13-8(2)10(6-12)14-11/h7,9H,3-6,12H2,1-2H3. The normalized spacial score (nSPS) is 27.1. The molecule has 0 aromatic carbocycles. The topological polar surface area (TPSA) is 38.9 Å². The van der Waals surface area contributed by atoms with Gasteiger partial charge in [0, 0.05) is 17.3 Å². The molecule has 1 aliphatic rings. The SMILES string of the molecule is Cc1nc(C2CCC(C)C2)sc1CN. The van der Waals surface area contributed by atoms with E-state index in [1.54, 1.807) is 0 Å². The van der Waals surface area contributed by atoms with E-state index in [1.165, 1.54) is 29.1 Å². The third-order valence-electron chi connectivity index (χ3n) is 3.14. The Morgan fingerprint density at radius 1 is 1.50 bits per heavy atom. The van der Waals surface area contributed by atoms with Crippen molar-refractivity contribution >= 4 is 11.3 Å². The summed E-state index contributed by atoms with van der Waals surface area (Å²) < 4.78 is 0. The lowest BCUT2D eigenvalue weighted by Gasteiger charge is -2.03. The molecule has 0 amide bonds. The second-order valence-electron chi connectivity index (χ2n) is 4.38. The lowest BCUT2D eigenvalue weighted by molar-refractivity contribution is 0.595. The maximum Gasteiger partial charge on any atom is 0.0962 e. The number of aryl methyl sites for hydroxylation is 1. The molecule has 0 radical (unpaired) electrons. The van der Waals surface area contributed by atoms with E-state index in [0.29, 0.717) is 12.5 Å². The number of nitrogens with two attached hydrogens (primary N) is 1. The molecule has 1 aromatic heterocycles. The highest BCUT2D eigenvalue weighted by molar-refractivity contribution is 7.11. The van der Waals surface area contributed by atoms with Crippen LogP contribution in [0.4, 0.5) is 0 Å². The number of thiazole rings is 1. The molecule has 2 unspecified atom stereocenters. The van der Waals surface area contributed by atoms with Crippen LogP contribution in [0, 0.1) is 12.8 Å². The molecule has 3 heteroatoms. The predicted octanol–water partition coefficient (Wildman–Crippen LogP) is 2.81. The van der Waals surface area contributed by atoms with Crippen molar-refractivity contribution in [3.05, 3.63) is 15.6 Å². The first-order valence-corrected chi connectivity index (χ1v) is 6.18. The van der Waals surface area contributed by atoms with Crippen LogP contribution < -0.4 is 5.73 Å². The van der Waals surface area contributed by atoms with E-state index < -0.39 is 0 Å². The zero-order chi connectivity index (χ0) is 10.1. The largest absolute Gasteiger partial charge is 0.326 e. The Balaban J connectivity index is 2.16. The van der Waals surface area contributed by atoms with E-state index in [9.17, 15) is 0 Å². The molecule has 2 atom stereocenters. The van der Waals surface area contributed by atoms with Gasteiger partial charge in [-0.15, -0.1) is 11.3 Å². The highest BCUT2D eigenvalue weighted by Crippen LogP contribution is 2.39. The molecule has 1 aliphatic carbocycles. The summed E-state index contributed by atoms with van der Waals surface area (Å²) in [6.45, 7) is 5.05. The minimum Gasteiger partial charge on any atom is -0.326 e. The summed E-state index contributed by atoms with van der Waals surface area (Å²) in [5.41, 5.74) is 6.81. The lowest BCUT2D eigenvalue weighted by Crippen LogP contribution is -1.94.